The van der Waals surface area contributed by atoms with Gasteiger partial charge in [0.2, 0.25) is 0 Å². The van der Waals surface area contributed by atoms with Gasteiger partial charge in [0, 0.05) is 18.2 Å². The summed E-state index contributed by atoms with van der Waals surface area (Å²) in [6, 6.07) is 3.63. The first-order valence-electron chi connectivity index (χ1n) is 13.5. The van der Waals surface area contributed by atoms with Gasteiger partial charge in [0.15, 0.2) is 11.5 Å². The lowest BCUT2D eigenvalue weighted by atomic mass is 9.75. The van der Waals surface area contributed by atoms with Crippen LogP contribution in [-0.4, -0.2) is 64.9 Å². The number of primary amides is 1. The number of ketones is 1. The molecule has 1 heterocycles. The smallest absolute Gasteiger partial charge is 0.435 e. The lowest BCUT2D eigenvalue weighted by Gasteiger charge is -2.31. The van der Waals surface area contributed by atoms with Crippen LogP contribution < -0.4 is 16.8 Å². The van der Waals surface area contributed by atoms with Gasteiger partial charge >= 0.3 is 12.1 Å². The van der Waals surface area contributed by atoms with Crippen molar-refractivity contribution < 1.29 is 45.3 Å². The topological polar surface area (TPSA) is 197 Å². The maximum Gasteiger partial charge on any atom is 0.435 e. The van der Waals surface area contributed by atoms with Gasteiger partial charge in [-0.3, -0.25) is 18.9 Å². The molecule has 12 nitrogen and oxygen atoms in total. The zero-order chi connectivity index (χ0) is 32.5. The van der Waals surface area contributed by atoms with Gasteiger partial charge in [-0.15, -0.1) is 0 Å². The number of ether oxygens (including phenoxy) is 1. The van der Waals surface area contributed by atoms with Crippen molar-refractivity contribution in [2.75, 3.05) is 11.6 Å². The average molecular weight is 632 g/mol. The zero-order valence-electron chi connectivity index (χ0n) is 24.2. The Kier molecular flexibility index (Phi) is 9.98. The number of anilines is 1. The summed E-state index contributed by atoms with van der Waals surface area (Å²) in [5.41, 5.74) is 9.98. The number of halogens is 3. The number of hydrogen-bond donors (Lipinski definition) is 4. The largest absolute Gasteiger partial charge is 0.461 e. The van der Waals surface area contributed by atoms with Crippen molar-refractivity contribution in [2.45, 2.75) is 83.7 Å². The number of fused-ring (bicyclic) bond motifs is 1. The summed E-state index contributed by atoms with van der Waals surface area (Å²) < 4.78 is 74.0. The molecule has 0 saturated heterocycles. The number of nitrogens with two attached hydrogens (primary N) is 2. The van der Waals surface area contributed by atoms with Crippen LogP contribution >= 0.6 is 0 Å². The minimum atomic E-state index is -4.80. The fraction of sp³-hybridized carbons (Fsp3) is 0.556. The molecule has 1 aromatic carbocycles. The zero-order valence-corrected chi connectivity index (χ0v) is 25.0. The molecule has 1 amide bonds. The normalized spacial score (nSPS) is 20.7. The molecule has 0 unspecified atom stereocenters. The number of carbonyl (C=O) groups is 3. The van der Waals surface area contributed by atoms with E-state index in [2.05, 4.69) is 10.4 Å². The van der Waals surface area contributed by atoms with Gasteiger partial charge < -0.3 is 21.5 Å². The maximum absolute atomic E-state index is 13.8. The molecule has 0 spiro atoms. The van der Waals surface area contributed by atoms with E-state index in [-0.39, 0.29) is 41.9 Å². The van der Waals surface area contributed by atoms with E-state index >= 15 is 0 Å². The van der Waals surface area contributed by atoms with Gasteiger partial charge in [0.25, 0.3) is 16.0 Å². The number of rotatable bonds is 6. The molecule has 0 bridgehead atoms. The minimum absolute atomic E-state index is 0.00955. The number of carbonyl (C=O) groups excluding carboxylic acids is 3. The van der Waals surface area contributed by atoms with Crippen molar-refractivity contribution in [1.29, 1.82) is 0 Å². The Morgan fingerprint density at radius 1 is 1.19 bits per heavy atom. The predicted molar refractivity (Wildman–Crippen MR) is 150 cm³/mol. The van der Waals surface area contributed by atoms with Gasteiger partial charge in [-0.25, -0.2) is 4.68 Å². The second kappa shape index (κ2) is 12.6. The molecular weight excluding hydrogens is 595 g/mol. The summed E-state index contributed by atoms with van der Waals surface area (Å²) >= 11 is 0. The first kappa shape index (κ1) is 34.0. The number of esters is 1. The summed E-state index contributed by atoms with van der Waals surface area (Å²) in [7, 11) is -3.67. The molecule has 4 rings (SSSR count). The highest BCUT2D eigenvalue weighted by Crippen LogP contribution is 2.42. The fourth-order valence-corrected chi connectivity index (χ4v) is 5.17. The van der Waals surface area contributed by atoms with E-state index in [1.165, 1.54) is 18.2 Å². The van der Waals surface area contributed by atoms with Crippen LogP contribution in [0.4, 0.5) is 18.9 Å². The Morgan fingerprint density at radius 3 is 2.28 bits per heavy atom. The summed E-state index contributed by atoms with van der Waals surface area (Å²) in [4.78, 5) is 36.7. The van der Waals surface area contributed by atoms with Crippen LogP contribution in [0.1, 0.15) is 85.0 Å². The molecule has 238 valence electrons. The van der Waals surface area contributed by atoms with Crippen LogP contribution in [0.2, 0.25) is 0 Å². The molecule has 2 aliphatic rings. The van der Waals surface area contributed by atoms with E-state index in [1.54, 1.807) is 6.92 Å². The van der Waals surface area contributed by atoms with Crippen molar-refractivity contribution in [2.24, 2.45) is 16.9 Å². The van der Waals surface area contributed by atoms with Crippen molar-refractivity contribution >= 4 is 33.5 Å². The van der Waals surface area contributed by atoms with Crippen molar-refractivity contribution in [1.82, 2.24) is 9.78 Å². The molecule has 43 heavy (non-hydrogen) atoms. The highest BCUT2D eigenvalue weighted by Gasteiger charge is 2.45. The molecule has 2 aromatic rings. The quantitative estimate of drug-likeness (QED) is 0.271. The summed E-state index contributed by atoms with van der Waals surface area (Å²) in [6.07, 6.45) is -1.72. The van der Waals surface area contributed by atoms with Gasteiger partial charge in [-0.05, 0) is 62.6 Å². The van der Waals surface area contributed by atoms with Crippen LogP contribution in [-0.2, 0) is 32.2 Å². The van der Waals surface area contributed by atoms with Gasteiger partial charge in [-0.2, -0.15) is 26.7 Å². The predicted octanol–water partition coefficient (Wildman–Crippen LogP) is 3.26. The maximum atomic E-state index is 13.8. The van der Waals surface area contributed by atoms with E-state index in [4.69, 9.17) is 20.8 Å². The number of Topliss-reactive ketones (excluding diaryl/α,β-unsaturated/α-hetero) is 1. The first-order chi connectivity index (χ1) is 19.7. The van der Waals surface area contributed by atoms with Crippen LogP contribution in [0.5, 0.6) is 0 Å². The number of alkyl halides is 3. The first-order valence-corrected chi connectivity index (χ1v) is 15.3. The third-order valence-corrected chi connectivity index (χ3v) is 7.02. The molecular formula is C27H36F3N5O7S. The number of amides is 1. The van der Waals surface area contributed by atoms with E-state index in [1.807, 2.05) is 13.8 Å². The molecule has 16 heteroatoms. The van der Waals surface area contributed by atoms with Crippen LogP contribution in [0.25, 0.3) is 5.69 Å². The fourth-order valence-electron chi connectivity index (χ4n) is 5.17. The SMILES string of the molecule is CS(=O)(=O)O.C[C@H](N)C(=O)OC1CCC(Nc2cc(-n3nc(C(F)(F)F)c4c3CC(C)(C)CC4=O)ccc2C(N)=O)CC1. The van der Waals surface area contributed by atoms with E-state index in [0.29, 0.717) is 37.6 Å². The molecule has 1 fully saturated rings. The highest BCUT2D eigenvalue weighted by atomic mass is 32.2. The summed E-state index contributed by atoms with van der Waals surface area (Å²) in [5, 5.41) is 7.12. The van der Waals surface area contributed by atoms with Gasteiger partial charge in [-0.1, -0.05) is 13.8 Å². The number of nitrogens with zero attached hydrogens (tertiary/aromatic N) is 2. The van der Waals surface area contributed by atoms with Crippen LogP contribution in [0.15, 0.2) is 18.2 Å². The Labute approximate surface area is 247 Å². The van der Waals surface area contributed by atoms with Crippen molar-refractivity contribution in [3.63, 3.8) is 0 Å². The van der Waals surface area contributed by atoms with Crippen molar-refractivity contribution in [3.8, 4) is 5.69 Å². The molecule has 2 aliphatic carbocycles. The lowest BCUT2D eigenvalue weighted by Crippen LogP contribution is -2.36. The number of aromatic nitrogens is 2. The average Bonchev–Trinajstić information content (AvgIpc) is 3.23. The third kappa shape index (κ3) is 9.00. The van der Waals surface area contributed by atoms with Crippen LogP contribution in [0.3, 0.4) is 0 Å². The second-order valence-electron chi connectivity index (χ2n) is 11.7. The molecule has 1 atom stereocenters. The van der Waals surface area contributed by atoms with Gasteiger partial charge in [0.1, 0.15) is 12.1 Å². The minimum Gasteiger partial charge on any atom is -0.461 e. The molecule has 1 aromatic heterocycles. The number of hydrogen-bond acceptors (Lipinski definition) is 9. The Hall–Kier alpha value is -3.50. The van der Waals surface area contributed by atoms with E-state index in [0.717, 1.165) is 4.68 Å². The van der Waals surface area contributed by atoms with Crippen LogP contribution in [0, 0.1) is 5.41 Å². The summed E-state index contributed by atoms with van der Waals surface area (Å²) in [6.45, 7) is 5.20. The highest BCUT2D eigenvalue weighted by molar-refractivity contribution is 7.85. The van der Waals surface area contributed by atoms with E-state index in [9.17, 15) is 36.0 Å². The Morgan fingerprint density at radius 2 is 1.77 bits per heavy atom. The molecule has 1 saturated carbocycles. The Balaban J connectivity index is 0.000000934. The molecule has 0 radical (unpaired) electrons. The number of benzene rings is 1. The number of nitrogens with one attached hydrogen (secondary N) is 1. The Bertz CT molecular complexity index is 1490. The monoisotopic (exact) mass is 631 g/mol. The third-order valence-electron chi connectivity index (χ3n) is 7.02. The molecule has 0 aliphatic heterocycles. The summed E-state index contributed by atoms with van der Waals surface area (Å²) in [5.74, 6) is -1.76. The lowest BCUT2D eigenvalue weighted by molar-refractivity contribution is -0.151. The molecule has 6 N–H and O–H groups in total. The second-order valence-corrected chi connectivity index (χ2v) is 13.2. The standard InChI is InChI=1S/C26H32F3N5O4.CH4O3S/c1-13(30)24(37)38-16-7-4-14(5-8-16)32-18-10-15(6-9-17(18)23(31)36)34-19-11-25(2,3)12-20(35)21(19)22(33-34)26(27,28)29;1-5(2,3)4/h6,9-10,13-14,16,32H,4-5,7-8,11-12,30H2,1-3H3,(H2,31,36);1H3,(H,2,3,4)/t13-,14?,16?;/m0./s1. The van der Waals surface area contributed by atoms with E-state index < -0.39 is 56.7 Å². The van der Waals surface area contributed by atoms with Gasteiger partial charge in [0.05, 0.1) is 28.8 Å². The van der Waals surface area contributed by atoms with Crippen molar-refractivity contribution in [3.05, 3.63) is 40.7 Å².